The van der Waals surface area contributed by atoms with E-state index < -0.39 is 23.2 Å². The molecule has 0 bridgehead atoms. The van der Waals surface area contributed by atoms with E-state index in [2.05, 4.69) is 4.74 Å². The number of ether oxygens (including phenoxy) is 1. The second-order valence-corrected chi connectivity index (χ2v) is 4.75. The molecule has 2 aromatic carbocycles. The first-order chi connectivity index (χ1) is 10.9. The van der Waals surface area contributed by atoms with Gasteiger partial charge in [0.1, 0.15) is 0 Å². The van der Waals surface area contributed by atoms with Crippen molar-refractivity contribution >= 4 is 34.8 Å². The van der Waals surface area contributed by atoms with Crippen molar-refractivity contribution in [3.63, 3.8) is 0 Å². The van der Waals surface area contributed by atoms with E-state index >= 15 is 0 Å². The van der Waals surface area contributed by atoms with Gasteiger partial charge in [-0.05, 0) is 60.1 Å². The van der Waals surface area contributed by atoms with Gasteiger partial charge in [0.15, 0.2) is 0 Å². The molecule has 0 heterocycles. The fourth-order valence-corrected chi connectivity index (χ4v) is 1.81. The Hall–Kier alpha value is -2.99. The summed E-state index contributed by atoms with van der Waals surface area (Å²) in [6.07, 6.45) is 0. The summed E-state index contributed by atoms with van der Waals surface area (Å²) in [5, 5.41) is 8.10. The van der Waals surface area contributed by atoms with Crippen molar-refractivity contribution in [1.29, 1.82) is 0 Å². The minimum absolute atomic E-state index is 0.00852. The van der Waals surface area contributed by atoms with Crippen LogP contribution in [-0.4, -0.2) is 28.3 Å². The van der Waals surface area contributed by atoms with Crippen LogP contribution in [0.2, 0.25) is 0 Å². The fourth-order valence-electron chi connectivity index (χ4n) is 1.69. The van der Waals surface area contributed by atoms with Crippen molar-refractivity contribution in [1.82, 2.24) is 0 Å². The van der Waals surface area contributed by atoms with Crippen molar-refractivity contribution in [3.05, 3.63) is 70.8 Å². The molecule has 0 aliphatic heterocycles. The molecule has 0 aliphatic carbocycles. The maximum Gasteiger partial charge on any atom is 0.346 e. The van der Waals surface area contributed by atoms with Gasteiger partial charge in [0, 0.05) is 5.56 Å². The van der Waals surface area contributed by atoms with Crippen molar-refractivity contribution in [2.24, 2.45) is 0 Å². The Labute approximate surface area is 135 Å². The molecule has 0 radical (unpaired) electrons. The molecule has 2 aromatic rings. The third-order valence-electron chi connectivity index (χ3n) is 2.90. The minimum Gasteiger partial charge on any atom is -0.478 e. The van der Waals surface area contributed by atoms with Crippen LogP contribution in [0, 0.1) is 0 Å². The zero-order valence-corrected chi connectivity index (χ0v) is 12.2. The molecule has 0 amide bonds. The largest absolute Gasteiger partial charge is 0.478 e. The summed E-state index contributed by atoms with van der Waals surface area (Å²) < 4.78 is 4.68. The van der Waals surface area contributed by atoms with Crippen LogP contribution < -0.4 is 0 Å². The zero-order chi connectivity index (χ0) is 17.0. The van der Waals surface area contributed by atoms with Crippen molar-refractivity contribution in [2.75, 3.05) is 0 Å². The van der Waals surface area contributed by atoms with E-state index in [1.165, 1.54) is 48.5 Å². The Bertz CT molecular complexity index is 710. The molecule has 23 heavy (non-hydrogen) atoms. The van der Waals surface area contributed by atoms with Gasteiger partial charge in [-0.2, -0.15) is 0 Å². The van der Waals surface area contributed by atoms with E-state index in [0.29, 0.717) is 0 Å². The highest BCUT2D eigenvalue weighted by atomic mass is 35.5. The Kier molecular flexibility index (Phi) is 4.88. The predicted octanol–water partition coefficient (Wildman–Crippen LogP) is 2.76. The Morgan fingerprint density at radius 3 is 1.39 bits per heavy atom. The van der Waals surface area contributed by atoms with Crippen LogP contribution in [0.15, 0.2) is 48.5 Å². The summed E-state index contributed by atoms with van der Waals surface area (Å²) in [5.74, 6) is -2.94. The number of esters is 2. The van der Waals surface area contributed by atoms with Gasteiger partial charge < -0.3 is 9.84 Å². The summed E-state index contributed by atoms with van der Waals surface area (Å²) in [6, 6.07) is 10.2. The first-order valence-electron chi connectivity index (χ1n) is 6.28. The first kappa shape index (κ1) is 16.4. The summed E-state index contributed by atoms with van der Waals surface area (Å²) in [4.78, 5) is 45.3. The number of hydrogen-bond acceptors (Lipinski definition) is 5. The molecule has 0 saturated carbocycles. The van der Waals surface area contributed by atoms with Gasteiger partial charge in [0.05, 0.1) is 16.7 Å². The average Bonchev–Trinajstić information content (AvgIpc) is 2.54. The molecule has 116 valence electrons. The SMILES string of the molecule is O=C(O)c1ccc(C(=O)OC(=O)c2ccc(C(=O)Cl)cc2)cc1. The standard InChI is InChI=1S/C16H9ClO6/c17-13(18)9-1-5-11(6-2-9)15(21)23-16(22)12-7-3-10(4-8-12)14(19)20/h1-8H,(H,19,20). The van der Waals surface area contributed by atoms with Crippen molar-refractivity contribution < 1.29 is 29.0 Å². The van der Waals surface area contributed by atoms with E-state index in [0.717, 1.165) is 0 Å². The van der Waals surface area contributed by atoms with Gasteiger partial charge in [-0.15, -0.1) is 0 Å². The van der Waals surface area contributed by atoms with Crippen LogP contribution in [0.4, 0.5) is 0 Å². The summed E-state index contributed by atoms with van der Waals surface area (Å²) in [5.41, 5.74) is 0.325. The maximum atomic E-state index is 11.8. The van der Waals surface area contributed by atoms with Gasteiger partial charge >= 0.3 is 17.9 Å². The molecule has 0 atom stereocenters. The van der Waals surface area contributed by atoms with E-state index in [1.54, 1.807) is 0 Å². The number of rotatable bonds is 4. The van der Waals surface area contributed by atoms with E-state index in [4.69, 9.17) is 16.7 Å². The number of carboxylic acid groups (broad SMARTS) is 1. The van der Waals surface area contributed by atoms with Crippen LogP contribution in [0.1, 0.15) is 41.4 Å². The molecule has 2 rings (SSSR count). The Balaban J connectivity index is 2.08. The molecule has 1 N–H and O–H groups in total. The van der Waals surface area contributed by atoms with Crippen LogP contribution in [0.5, 0.6) is 0 Å². The molecule has 6 nitrogen and oxygen atoms in total. The molecule has 0 aliphatic rings. The third-order valence-corrected chi connectivity index (χ3v) is 3.12. The lowest BCUT2D eigenvalue weighted by Gasteiger charge is -2.04. The molecule has 0 aromatic heterocycles. The normalized spacial score (nSPS) is 9.96. The number of aromatic carboxylic acids is 1. The lowest BCUT2D eigenvalue weighted by Crippen LogP contribution is -2.13. The van der Waals surface area contributed by atoms with E-state index in [1.807, 2.05) is 0 Å². The van der Waals surface area contributed by atoms with E-state index in [9.17, 15) is 19.2 Å². The lowest BCUT2D eigenvalue weighted by molar-refractivity contribution is 0.0396. The van der Waals surface area contributed by atoms with Crippen molar-refractivity contribution in [2.45, 2.75) is 0 Å². The number of carbonyl (C=O) groups is 4. The summed E-state index contributed by atoms with van der Waals surface area (Å²) >= 11 is 5.28. The topological polar surface area (TPSA) is 97.7 Å². The number of hydrogen-bond donors (Lipinski definition) is 1. The van der Waals surface area contributed by atoms with Gasteiger partial charge in [0.25, 0.3) is 5.24 Å². The number of carbonyl (C=O) groups excluding carboxylic acids is 3. The smallest absolute Gasteiger partial charge is 0.346 e. The van der Waals surface area contributed by atoms with Crippen molar-refractivity contribution in [3.8, 4) is 0 Å². The average molecular weight is 333 g/mol. The Morgan fingerprint density at radius 2 is 1.04 bits per heavy atom. The van der Waals surface area contributed by atoms with Gasteiger partial charge in [-0.25, -0.2) is 14.4 Å². The van der Waals surface area contributed by atoms with Crippen LogP contribution in [-0.2, 0) is 4.74 Å². The molecule has 0 fully saturated rings. The maximum absolute atomic E-state index is 11.8. The highest BCUT2D eigenvalue weighted by Crippen LogP contribution is 2.11. The lowest BCUT2D eigenvalue weighted by atomic mass is 10.1. The Morgan fingerprint density at radius 1 is 0.696 bits per heavy atom. The molecule has 0 saturated heterocycles. The second-order valence-electron chi connectivity index (χ2n) is 4.41. The van der Waals surface area contributed by atoms with E-state index in [-0.39, 0.29) is 22.3 Å². The first-order valence-corrected chi connectivity index (χ1v) is 6.66. The van der Waals surface area contributed by atoms with Gasteiger partial charge in [-0.1, -0.05) is 0 Å². The van der Waals surface area contributed by atoms with Crippen LogP contribution in [0.25, 0.3) is 0 Å². The molecule has 0 unspecified atom stereocenters. The highest BCUT2D eigenvalue weighted by Gasteiger charge is 2.16. The van der Waals surface area contributed by atoms with Crippen LogP contribution in [0.3, 0.4) is 0 Å². The molecular formula is C16H9ClO6. The third kappa shape index (κ3) is 4.02. The second kappa shape index (κ2) is 6.85. The molecule has 7 heteroatoms. The predicted molar refractivity (Wildman–Crippen MR) is 79.8 cm³/mol. The van der Waals surface area contributed by atoms with Gasteiger partial charge in [-0.3, -0.25) is 4.79 Å². The quantitative estimate of drug-likeness (QED) is 0.525. The minimum atomic E-state index is -1.13. The number of benzene rings is 2. The van der Waals surface area contributed by atoms with Crippen LogP contribution >= 0.6 is 11.6 Å². The monoisotopic (exact) mass is 332 g/mol. The molecule has 0 spiro atoms. The zero-order valence-electron chi connectivity index (χ0n) is 11.5. The summed E-state index contributed by atoms with van der Waals surface area (Å²) in [6.45, 7) is 0. The number of halogens is 1. The number of carboxylic acids is 1. The molecular weight excluding hydrogens is 324 g/mol. The summed E-state index contributed by atoms with van der Waals surface area (Å²) in [7, 11) is 0. The van der Waals surface area contributed by atoms with Gasteiger partial charge in [0.2, 0.25) is 0 Å². The highest BCUT2D eigenvalue weighted by molar-refractivity contribution is 6.67. The fraction of sp³-hybridized carbons (Fsp3) is 0.